The Bertz CT molecular complexity index is 988. The number of benzene rings is 1. The van der Waals surface area contributed by atoms with Crippen molar-refractivity contribution in [1.82, 2.24) is 14.3 Å². The molecule has 0 amide bonds. The lowest BCUT2D eigenvalue weighted by Crippen LogP contribution is -2.39. The average Bonchev–Trinajstić information content (AvgIpc) is 2.73. The van der Waals surface area contributed by atoms with Gasteiger partial charge in [0.15, 0.2) is 11.5 Å². The second kappa shape index (κ2) is 8.16. The molecule has 2 aromatic rings. The standard InChI is InChI=1S/C20H26N4O4S/c1-14-22-16(12-20(21-2)23-14)11-15-5-7-24(8-6-15)29(25,26)17-3-4-18-19(13-17)28-10-9-27-18/h3-4,12-13,15H,5-11H2,1-2H3,(H,21,22,23). The highest BCUT2D eigenvalue weighted by Gasteiger charge is 2.30. The molecule has 0 atom stereocenters. The van der Waals surface area contributed by atoms with Crippen molar-refractivity contribution in [3.05, 3.63) is 35.8 Å². The highest BCUT2D eigenvalue weighted by atomic mass is 32.2. The summed E-state index contributed by atoms with van der Waals surface area (Å²) in [6, 6.07) is 6.80. The third-order valence-corrected chi connectivity index (χ3v) is 7.26. The zero-order valence-electron chi connectivity index (χ0n) is 16.7. The number of sulfonamides is 1. The molecule has 4 rings (SSSR count). The minimum absolute atomic E-state index is 0.255. The van der Waals surface area contributed by atoms with Crippen molar-refractivity contribution in [2.75, 3.05) is 38.7 Å². The molecule has 1 aromatic carbocycles. The van der Waals surface area contributed by atoms with Crippen molar-refractivity contribution in [3.63, 3.8) is 0 Å². The van der Waals surface area contributed by atoms with E-state index in [4.69, 9.17) is 9.47 Å². The van der Waals surface area contributed by atoms with Gasteiger partial charge in [0, 0.05) is 38.0 Å². The molecule has 2 aliphatic rings. The van der Waals surface area contributed by atoms with E-state index in [1.807, 2.05) is 20.0 Å². The second-order valence-electron chi connectivity index (χ2n) is 7.40. The van der Waals surface area contributed by atoms with Gasteiger partial charge in [-0.1, -0.05) is 0 Å². The summed E-state index contributed by atoms with van der Waals surface area (Å²) in [5, 5.41) is 3.05. The second-order valence-corrected chi connectivity index (χ2v) is 9.34. The smallest absolute Gasteiger partial charge is 0.243 e. The van der Waals surface area contributed by atoms with Crippen molar-refractivity contribution in [1.29, 1.82) is 0 Å². The van der Waals surface area contributed by atoms with Crippen molar-refractivity contribution in [3.8, 4) is 11.5 Å². The van der Waals surface area contributed by atoms with E-state index in [0.29, 0.717) is 43.7 Å². The van der Waals surface area contributed by atoms with Crippen molar-refractivity contribution in [2.45, 2.75) is 31.1 Å². The molecule has 1 fully saturated rings. The summed E-state index contributed by atoms with van der Waals surface area (Å²) in [7, 11) is -1.71. The molecule has 3 heterocycles. The van der Waals surface area contributed by atoms with Gasteiger partial charge in [-0.3, -0.25) is 0 Å². The summed E-state index contributed by atoms with van der Waals surface area (Å²) in [5.41, 5.74) is 0.995. The van der Waals surface area contributed by atoms with Gasteiger partial charge in [0.25, 0.3) is 0 Å². The molecule has 2 aliphatic heterocycles. The Kier molecular flexibility index (Phi) is 5.60. The third-order valence-electron chi connectivity index (χ3n) is 5.37. The fourth-order valence-corrected chi connectivity index (χ4v) is 5.33. The number of fused-ring (bicyclic) bond motifs is 1. The van der Waals surface area contributed by atoms with E-state index >= 15 is 0 Å². The maximum absolute atomic E-state index is 13.1. The normalized spacial score (nSPS) is 17.9. The molecule has 1 saturated heterocycles. The Labute approximate surface area is 171 Å². The molecular weight excluding hydrogens is 392 g/mol. The highest BCUT2D eigenvalue weighted by Crippen LogP contribution is 2.34. The van der Waals surface area contributed by atoms with Crippen LogP contribution in [0.2, 0.25) is 0 Å². The topological polar surface area (TPSA) is 93.7 Å². The number of aromatic nitrogens is 2. The number of nitrogens with zero attached hydrogens (tertiary/aromatic N) is 3. The van der Waals surface area contributed by atoms with Crippen LogP contribution in [0.15, 0.2) is 29.2 Å². The summed E-state index contributed by atoms with van der Waals surface area (Å²) in [6.45, 7) is 3.80. The quantitative estimate of drug-likeness (QED) is 0.796. The van der Waals surface area contributed by atoms with Gasteiger partial charge in [-0.25, -0.2) is 18.4 Å². The Morgan fingerprint density at radius 1 is 1.10 bits per heavy atom. The van der Waals surface area contributed by atoms with Crippen LogP contribution in [-0.2, 0) is 16.4 Å². The molecular formula is C20H26N4O4S. The van der Waals surface area contributed by atoms with Crippen LogP contribution in [0.25, 0.3) is 0 Å². The lowest BCUT2D eigenvalue weighted by atomic mass is 9.93. The number of aryl methyl sites for hydroxylation is 1. The van der Waals surface area contributed by atoms with Crippen LogP contribution in [0.5, 0.6) is 11.5 Å². The van der Waals surface area contributed by atoms with Gasteiger partial charge in [0.05, 0.1) is 4.90 Å². The van der Waals surface area contributed by atoms with E-state index in [2.05, 4.69) is 15.3 Å². The Morgan fingerprint density at radius 2 is 1.83 bits per heavy atom. The summed E-state index contributed by atoms with van der Waals surface area (Å²) in [5.74, 6) is 3.04. The van der Waals surface area contributed by atoms with E-state index in [1.54, 1.807) is 22.5 Å². The van der Waals surface area contributed by atoms with Crippen LogP contribution in [0.1, 0.15) is 24.4 Å². The zero-order chi connectivity index (χ0) is 20.4. The summed E-state index contributed by atoms with van der Waals surface area (Å²) < 4.78 is 38.7. The molecule has 0 aliphatic carbocycles. The number of rotatable bonds is 5. The van der Waals surface area contributed by atoms with E-state index in [9.17, 15) is 8.42 Å². The number of hydrogen-bond acceptors (Lipinski definition) is 7. The summed E-state index contributed by atoms with van der Waals surface area (Å²) in [6.07, 6.45) is 2.44. The molecule has 0 radical (unpaired) electrons. The molecule has 29 heavy (non-hydrogen) atoms. The summed E-state index contributed by atoms with van der Waals surface area (Å²) in [4.78, 5) is 9.10. The van der Waals surface area contributed by atoms with Crippen molar-refractivity contribution < 1.29 is 17.9 Å². The Morgan fingerprint density at radius 3 is 2.55 bits per heavy atom. The lowest BCUT2D eigenvalue weighted by molar-refractivity contribution is 0.171. The number of hydrogen-bond donors (Lipinski definition) is 1. The molecule has 1 N–H and O–H groups in total. The molecule has 156 valence electrons. The maximum atomic E-state index is 13.1. The first-order chi connectivity index (χ1) is 14.0. The van der Waals surface area contributed by atoms with Gasteiger partial charge in [-0.05, 0) is 44.2 Å². The van der Waals surface area contributed by atoms with Gasteiger partial charge in [0.1, 0.15) is 24.9 Å². The van der Waals surface area contributed by atoms with Gasteiger partial charge in [-0.15, -0.1) is 0 Å². The number of nitrogens with one attached hydrogen (secondary N) is 1. The van der Waals surface area contributed by atoms with Crippen LogP contribution in [0.3, 0.4) is 0 Å². The Hall–Kier alpha value is -2.39. The first kappa shape index (κ1) is 19.9. The van der Waals surface area contributed by atoms with Crippen LogP contribution in [0.4, 0.5) is 5.82 Å². The maximum Gasteiger partial charge on any atom is 0.243 e. The van der Waals surface area contributed by atoms with Crippen LogP contribution in [0, 0.1) is 12.8 Å². The van der Waals surface area contributed by atoms with Gasteiger partial charge < -0.3 is 14.8 Å². The summed E-state index contributed by atoms with van der Waals surface area (Å²) >= 11 is 0. The van der Waals surface area contributed by atoms with Crippen LogP contribution < -0.4 is 14.8 Å². The number of ether oxygens (including phenoxy) is 2. The number of anilines is 1. The van der Waals surface area contributed by atoms with E-state index in [0.717, 1.165) is 36.6 Å². The van der Waals surface area contributed by atoms with E-state index < -0.39 is 10.0 Å². The SMILES string of the molecule is CNc1cc(CC2CCN(S(=O)(=O)c3ccc4c(c3)OCCO4)CC2)nc(C)n1. The van der Waals surface area contributed by atoms with E-state index in [-0.39, 0.29) is 4.90 Å². The third kappa shape index (κ3) is 4.30. The predicted molar refractivity (Wildman–Crippen MR) is 109 cm³/mol. The molecule has 1 aromatic heterocycles. The molecule has 0 unspecified atom stereocenters. The fraction of sp³-hybridized carbons (Fsp3) is 0.500. The zero-order valence-corrected chi connectivity index (χ0v) is 17.5. The van der Waals surface area contributed by atoms with Crippen molar-refractivity contribution in [2.24, 2.45) is 5.92 Å². The van der Waals surface area contributed by atoms with Crippen LogP contribution in [-0.4, -0.2) is 56.0 Å². The van der Waals surface area contributed by atoms with Gasteiger partial charge >= 0.3 is 0 Å². The predicted octanol–water partition coefficient (Wildman–Crippen LogP) is 2.24. The molecule has 0 bridgehead atoms. The highest BCUT2D eigenvalue weighted by molar-refractivity contribution is 7.89. The first-order valence-corrected chi connectivity index (χ1v) is 11.3. The number of piperidine rings is 1. The molecule has 0 saturated carbocycles. The minimum atomic E-state index is -3.55. The molecule has 9 heteroatoms. The first-order valence-electron chi connectivity index (χ1n) is 9.88. The van der Waals surface area contributed by atoms with E-state index in [1.165, 1.54) is 0 Å². The molecule has 0 spiro atoms. The van der Waals surface area contributed by atoms with Crippen LogP contribution >= 0.6 is 0 Å². The largest absolute Gasteiger partial charge is 0.486 e. The van der Waals surface area contributed by atoms with Gasteiger partial charge in [0.2, 0.25) is 10.0 Å². The lowest BCUT2D eigenvalue weighted by Gasteiger charge is -2.31. The monoisotopic (exact) mass is 418 g/mol. The fourth-order valence-electron chi connectivity index (χ4n) is 3.84. The molecule has 8 nitrogen and oxygen atoms in total. The van der Waals surface area contributed by atoms with Crippen molar-refractivity contribution >= 4 is 15.8 Å². The average molecular weight is 419 g/mol. The Balaban J connectivity index is 1.42. The van der Waals surface area contributed by atoms with Gasteiger partial charge in [-0.2, -0.15) is 4.31 Å². The minimum Gasteiger partial charge on any atom is -0.486 e.